The van der Waals surface area contributed by atoms with E-state index in [4.69, 9.17) is 0 Å². The summed E-state index contributed by atoms with van der Waals surface area (Å²) in [7, 11) is 0. The third kappa shape index (κ3) is 4.26. The molecule has 158 valence electrons. The van der Waals surface area contributed by atoms with Crippen LogP contribution in [0.2, 0.25) is 0 Å². The summed E-state index contributed by atoms with van der Waals surface area (Å²) >= 11 is 0. The lowest BCUT2D eigenvalue weighted by Gasteiger charge is -2.35. The number of fused-ring (bicyclic) bond motifs is 3. The third-order valence-corrected chi connectivity index (χ3v) is 6.68. The average Bonchev–Trinajstić information content (AvgIpc) is 2.75. The van der Waals surface area contributed by atoms with Gasteiger partial charge in [0.2, 0.25) is 0 Å². The van der Waals surface area contributed by atoms with Crippen molar-refractivity contribution < 1.29 is 13.2 Å². The Hall–Kier alpha value is -2.29. The van der Waals surface area contributed by atoms with Crippen LogP contribution in [-0.4, -0.2) is 0 Å². The number of aryl methyl sites for hydroxylation is 1. The molecule has 0 aliphatic heterocycles. The molecule has 0 nitrogen and oxygen atoms in total. The van der Waals surface area contributed by atoms with E-state index in [2.05, 4.69) is 13.0 Å². The fourth-order valence-electron chi connectivity index (χ4n) is 5.17. The van der Waals surface area contributed by atoms with Gasteiger partial charge in [0, 0.05) is 5.92 Å². The fraction of sp³-hybridized carbons (Fsp3) is 0.407. The molecule has 0 amide bonds. The molecule has 2 atom stereocenters. The van der Waals surface area contributed by atoms with Gasteiger partial charge in [-0.15, -0.1) is 0 Å². The van der Waals surface area contributed by atoms with Crippen molar-refractivity contribution in [3.8, 4) is 0 Å². The Bertz CT molecular complexity index is 1020. The summed E-state index contributed by atoms with van der Waals surface area (Å²) in [6, 6.07) is 13.4. The summed E-state index contributed by atoms with van der Waals surface area (Å²) in [6.07, 6.45) is 9.06. The van der Waals surface area contributed by atoms with Crippen molar-refractivity contribution in [2.75, 3.05) is 0 Å². The minimum Gasteiger partial charge on any atom is -0.207 e. The highest BCUT2D eigenvalue weighted by atomic mass is 19.2. The van der Waals surface area contributed by atoms with Gasteiger partial charge in [0.1, 0.15) is 5.82 Å². The first-order valence-electron chi connectivity index (χ1n) is 11.2. The second-order valence-corrected chi connectivity index (χ2v) is 8.65. The number of unbranched alkanes of at least 4 members (excludes halogenated alkanes) is 4. The highest BCUT2D eigenvalue weighted by Crippen LogP contribution is 2.45. The predicted molar refractivity (Wildman–Crippen MR) is 117 cm³/mol. The minimum atomic E-state index is -0.813. The smallest absolute Gasteiger partial charge is 0.159 e. The van der Waals surface area contributed by atoms with Crippen molar-refractivity contribution in [1.29, 1.82) is 0 Å². The van der Waals surface area contributed by atoms with Crippen LogP contribution in [0.4, 0.5) is 13.2 Å². The van der Waals surface area contributed by atoms with E-state index in [1.807, 2.05) is 12.1 Å². The summed E-state index contributed by atoms with van der Waals surface area (Å²) in [5.74, 6) is -1.45. The van der Waals surface area contributed by atoms with Crippen LogP contribution in [0.3, 0.4) is 0 Å². The highest BCUT2D eigenvalue weighted by molar-refractivity contribution is 5.87. The molecule has 4 rings (SSSR count). The zero-order chi connectivity index (χ0) is 21.1. The Labute approximate surface area is 177 Å². The van der Waals surface area contributed by atoms with E-state index in [-0.39, 0.29) is 11.7 Å². The standard InChI is InChI=1S/C27H29F3/c1-2-3-4-5-6-7-19-10-13-22-23(14-9-18-8-12-21(28)17-24(18)22)27(19)20-11-15-25(29)26(30)16-20/h8-9,11-12,14-17,19,27H,2-7,10,13H2,1H3/t19-,27-/m1/s1. The molecular formula is C27H29F3. The monoisotopic (exact) mass is 410 g/mol. The molecule has 0 N–H and O–H groups in total. The van der Waals surface area contributed by atoms with E-state index in [1.165, 1.54) is 43.9 Å². The maximum atomic E-state index is 14.1. The second kappa shape index (κ2) is 9.24. The molecule has 3 aromatic carbocycles. The Morgan fingerprint density at radius 2 is 1.63 bits per heavy atom. The minimum absolute atomic E-state index is 0.0164. The number of hydrogen-bond donors (Lipinski definition) is 0. The van der Waals surface area contributed by atoms with Crippen LogP contribution < -0.4 is 0 Å². The van der Waals surface area contributed by atoms with Gasteiger partial charge in [0.25, 0.3) is 0 Å². The Morgan fingerprint density at radius 1 is 0.833 bits per heavy atom. The van der Waals surface area contributed by atoms with E-state index in [0.717, 1.165) is 53.1 Å². The van der Waals surface area contributed by atoms with Gasteiger partial charge in [-0.2, -0.15) is 0 Å². The van der Waals surface area contributed by atoms with E-state index in [0.29, 0.717) is 5.92 Å². The molecule has 0 fully saturated rings. The summed E-state index contributed by atoms with van der Waals surface area (Å²) in [5.41, 5.74) is 3.12. The summed E-state index contributed by atoms with van der Waals surface area (Å²) in [5, 5.41) is 1.97. The van der Waals surface area contributed by atoms with Crippen molar-refractivity contribution in [3.05, 3.63) is 82.7 Å². The van der Waals surface area contributed by atoms with Crippen LogP contribution in [0.5, 0.6) is 0 Å². The van der Waals surface area contributed by atoms with Crippen molar-refractivity contribution in [2.45, 2.75) is 64.2 Å². The topological polar surface area (TPSA) is 0 Å². The van der Waals surface area contributed by atoms with Crippen molar-refractivity contribution in [2.24, 2.45) is 5.92 Å². The van der Waals surface area contributed by atoms with Gasteiger partial charge < -0.3 is 0 Å². The maximum absolute atomic E-state index is 14.1. The lowest BCUT2D eigenvalue weighted by molar-refractivity contribution is 0.366. The van der Waals surface area contributed by atoms with Crippen molar-refractivity contribution in [3.63, 3.8) is 0 Å². The van der Waals surface area contributed by atoms with Crippen molar-refractivity contribution >= 4 is 10.8 Å². The zero-order valence-electron chi connectivity index (χ0n) is 17.6. The quantitative estimate of drug-likeness (QED) is 0.344. The molecule has 0 spiro atoms. The van der Waals surface area contributed by atoms with Gasteiger partial charge in [-0.1, -0.05) is 63.3 Å². The van der Waals surface area contributed by atoms with Gasteiger partial charge >= 0.3 is 0 Å². The molecule has 0 radical (unpaired) electrons. The molecule has 3 aromatic rings. The lowest BCUT2D eigenvalue weighted by Crippen LogP contribution is -2.22. The van der Waals surface area contributed by atoms with E-state index in [9.17, 15) is 13.2 Å². The normalized spacial score (nSPS) is 18.5. The largest absolute Gasteiger partial charge is 0.207 e. The van der Waals surface area contributed by atoms with Crippen molar-refractivity contribution in [1.82, 2.24) is 0 Å². The molecular weight excluding hydrogens is 381 g/mol. The van der Waals surface area contributed by atoms with Gasteiger partial charge in [0.15, 0.2) is 11.6 Å². The molecule has 0 saturated carbocycles. The Morgan fingerprint density at radius 3 is 2.43 bits per heavy atom. The van der Waals surface area contributed by atoms with Crippen LogP contribution in [0.25, 0.3) is 10.8 Å². The molecule has 1 aliphatic carbocycles. The molecule has 0 saturated heterocycles. The van der Waals surface area contributed by atoms with Gasteiger partial charge in [-0.25, -0.2) is 13.2 Å². The SMILES string of the molecule is CCCCCCC[C@@H]1CCc2c(ccc3ccc(F)cc23)[C@H]1c1ccc(F)c(F)c1. The maximum Gasteiger partial charge on any atom is 0.159 e. The van der Waals surface area contributed by atoms with Crippen LogP contribution in [0, 0.1) is 23.4 Å². The van der Waals surface area contributed by atoms with E-state index < -0.39 is 11.6 Å². The number of halogens is 3. The Kier molecular flexibility index (Phi) is 6.46. The molecule has 30 heavy (non-hydrogen) atoms. The molecule has 3 heteroatoms. The third-order valence-electron chi connectivity index (χ3n) is 6.68. The summed E-state index contributed by atoms with van der Waals surface area (Å²) in [6.45, 7) is 2.21. The Balaban J connectivity index is 1.72. The van der Waals surface area contributed by atoms with E-state index in [1.54, 1.807) is 12.1 Å². The predicted octanol–water partition coefficient (Wildman–Crippen LogP) is 8.31. The van der Waals surface area contributed by atoms with Gasteiger partial charge in [0.05, 0.1) is 0 Å². The zero-order valence-corrected chi connectivity index (χ0v) is 17.6. The highest BCUT2D eigenvalue weighted by Gasteiger charge is 2.32. The molecule has 0 aromatic heterocycles. The van der Waals surface area contributed by atoms with Crippen LogP contribution in [0.15, 0.2) is 48.5 Å². The van der Waals surface area contributed by atoms with Gasteiger partial charge in [-0.05, 0) is 76.9 Å². The molecule has 0 bridgehead atoms. The van der Waals surface area contributed by atoms with Crippen LogP contribution >= 0.6 is 0 Å². The molecule has 0 unspecified atom stereocenters. The lowest BCUT2D eigenvalue weighted by atomic mass is 9.69. The second-order valence-electron chi connectivity index (χ2n) is 8.65. The number of hydrogen-bond acceptors (Lipinski definition) is 0. The first-order chi connectivity index (χ1) is 14.6. The number of rotatable bonds is 7. The summed E-state index contributed by atoms with van der Waals surface area (Å²) in [4.78, 5) is 0. The average molecular weight is 411 g/mol. The fourth-order valence-corrected chi connectivity index (χ4v) is 5.17. The molecule has 1 aliphatic rings. The van der Waals surface area contributed by atoms with Gasteiger partial charge in [-0.3, -0.25) is 0 Å². The summed E-state index contributed by atoms with van der Waals surface area (Å²) < 4.78 is 41.7. The molecule has 0 heterocycles. The van der Waals surface area contributed by atoms with Crippen LogP contribution in [0.1, 0.15) is 74.5 Å². The van der Waals surface area contributed by atoms with E-state index >= 15 is 0 Å². The first-order valence-corrected chi connectivity index (χ1v) is 11.2. The number of benzene rings is 3. The van der Waals surface area contributed by atoms with Crippen LogP contribution in [-0.2, 0) is 6.42 Å². The first kappa shape index (κ1) is 21.0.